The molecule has 0 bridgehead atoms. The first kappa shape index (κ1) is 34.5. The minimum Gasteiger partial charge on any atom is -0.505 e. The van der Waals surface area contributed by atoms with Crippen LogP contribution in [-0.2, 0) is 0 Å². The summed E-state index contributed by atoms with van der Waals surface area (Å²) in [5, 5.41) is 62.9. The molecular formula is C29H32Cl2N4O9. The van der Waals surface area contributed by atoms with Gasteiger partial charge in [0.05, 0.1) is 44.6 Å². The SMILES string of the molecule is CC(C)Oc1ccc2c(O)c(C(=O)NC(CO)CO)nc(Cl)c2c1.O=C(NC(CO)CO)c1nc(Cl)c2ccccc2c1O. The van der Waals surface area contributed by atoms with Crippen LogP contribution in [0.2, 0.25) is 10.3 Å². The van der Waals surface area contributed by atoms with Crippen LogP contribution in [0, 0.1) is 0 Å². The van der Waals surface area contributed by atoms with Crippen molar-refractivity contribution in [3.63, 3.8) is 0 Å². The average molecular weight is 652 g/mol. The van der Waals surface area contributed by atoms with Gasteiger partial charge in [-0.25, -0.2) is 9.97 Å². The Bertz CT molecular complexity index is 1630. The molecule has 2 aromatic heterocycles. The number of aliphatic hydroxyl groups excluding tert-OH is 4. The maximum atomic E-state index is 12.2. The molecule has 8 N–H and O–H groups in total. The summed E-state index contributed by atoms with van der Waals surface area (Å²) in [6, 6.07) is 9.93. The highest BCUT2D eigenvalue weighted by Gasteiger charge is 2.22. The Morgan fingerprint density at radius 1 is 0.727 bits per heavy atom. The number of aromatic hydroxyl groups is 2. The predicted molar refractivity (Wildman–Crippen MR) is 163 cm³/mol. The monoisotopic (exact) mass is 650 g/mol. The molecule has 0 unspecified atom stereocenters. The molecular weight excluding hydrogens is 619 g/mol. The molecule has 15 heteroatoms. The van der Waals surface area contributed by atoms with Gasteiger partial charge in [0, 0.05) is 21.5 Å². The number of aromatic nitrogens is 2. The van der Waals surface area contributed by atoms with Crippen molar-refractivity contribution in [3.8, 4) is 17.2 Å². The van der Waals surface area contributed by atoms with E-state index in [-0.39, 0.29) is 39.3 Å². The van der Waals surface area contributed by atoms with Crippen LogP contribution in [0.1, 0.15) is 34.8 Å². The second-order valence-corrected chi connectivity index (χ2v) is 10.4. The molecule has 44 heavy (non-hydrogen) atoms. The summed E-state index contributed by atoms with van der Waals surface area (Å²) in [5.74, 6) is -1.52. The van der Waals surface area contributed by atoms with E-state index in [0.717, 1.165) is 0 Å². The number of benzene rings is 2. The summed E-state index contributed by atoms with van der Waals surface area (Å²) in [7, 11) is 0. The van der Waals surface area contributed by atoms with Crippen molar-refractivity contribution in [3.05, 3.63) is 64.2 Å². The number of hydrogen-bond donors (Lipinski definition) is 8. The van der Waals surface area contributed by atoms with E-state index in [9.17, 15) is 19.8 Å². The number of aliphatic hydroxyl groups is 4. The smallest absolute Gasteiger partial charge is 0.274 e. The van der Waals surface area contributed by atoms with E-state index in [1.165, 1.54) is 0 Å². The maximum absolute atomic E-state index is 12.2. The van der Waals surface area contributed by atoms with Crippen molar-refractivity contribution < 1.29 is 45.0 Å². The third-order valence-corrected chi connectivity index (χ3v) is 6.67. The maximum Gasteiger partial charge on any atom is 0.274 e. The molecule has 0 spiro atoms. The van der Waals surface area contributed by atoms with E-state index >= 15 is 0 Å². The molecule has 4 aromatic rings. The molecule has 0 aliphatic rings. The summed E-state index contributed by atoms with van der Waals surface area (Å²) < 4.78 is 5.57. The summed E-state index contributed by atoms with van der Waals surface area (Å²) in [6.45, 7) is 2.02. The number of nitrogens with zero attached hydrogens (tertiary/aromatic N) is 2. The van der Waals surface area contributed by atoms with Crippen molar-refractivity contribution in [1.29, 1.82) is 0 Å². The average Bonchev–Trinajstić information content (AvgIpc) is 3.01. The Hall–Kier alpha value is -3.98. The number of carbonyl (C=O) groups is 2. The van der Waals surface area contributed by atoms with Gasteiger partial charge in [0.15, 0.2) is 22.9 Å². The number of hydrogen-bond acceptors (Lipinski definition) is 11. The van der Waals surface area contributed by atoms with Gasteiger partial charge in [0.1, 0.15) is 16.1 Å². The van der Waals surface area contributed by atoms with Gasteiger partial charge < -0.3 is 46.0 Å². The molecule has 0 aliphatic carbocycles. The van der Waals surface area contributed by atoms with Crippen LogP contribution in [0.25, 0.3) is 21.5 Å². The van der Waals surface area contributed by atoms with E-state index in [4.69, 9.17) is 48.4 Å². The molecule has 2 amide bonds. The van der Waals surface area contributed by atoms with Gasteiger partial charge in [0.2, 0.25) is 0 Å². The van der Waals surface area contributed by atoms with Crippen molar-refractivity contribution >= 4 is 56.6 Å². The molecule has 0 atom stereocenters. The largest absolute Gasteiger partial charge is 0.505 e. The third kappa shape index (κ3) is 8.14. The summed E-state index contributed by atoms with van der Waals surface area (Å²) in [6.07, 6.45) is -0.0262. The van der Waals surface area contributed by atoms with Gasteiger partial charge in [0.25, 0.3) is 11.8 Å². The lowest BCUT2D eigenvalue weighted by Gasteiger charge is -2.15. The third-order valence-electron chi connectivity index (χ3n) is 6.10. The lowest BCUT2D eigenvalue weighted by atomic mass is 10.1. The minimum atomic E-state index is -0.852. The minimum absolute atomic E-state index is 0.0262. The molecule has 13 nitrogen and oxygen atoms in total. The molecule has 0 radical (unpaired) electrons. The molecule has 2 heterocycles. The molecule has 2 aromatic carbocycles. The highest BCUT2D eigenvalue weighted by atomic mass is 35.5. The Balaban J connectivity index is 0.000000244. The Morgan fingerprint density at radius 3 is 1.61 bits per heavy atom. The van der Waals surface area contributed by atoms with Crippen molar-refractivity contribution in [1.82, 2.24) is 20.6 Å². The first-order valence-corrected chi connectivity index (χ1v) is 14.0. The van der Waals surface area contributed by atoms with Crippen molar-refractivity contribution in [2.45, 2.75) is 32.0 Å². The van der Waals surface area contributed by atoms with Gasteiger partial charge >= 0.3 is 0 Å². The van der Waals surface area contributed by atoms with Crippen LogP contribution >= 0.6 is 23.2 Å². The zero-order valence-corrected chi connectivity index (χ0v) is 25.2. The highest BCUT2D eigenvalue weighted by Crippen LogP contribution is 2.35. The van der Waals surface area contributed by atoms with E-state index < -0.39 is 50.3 Å². The zero-order valence-electron chi connectivity index (χ0n) is 23.7. The van der Waals surface area contributed by atoms with E-state index in [1.54, 1.807) is 42.5 Å². The number of rotatable bonds is 10. The molecule has 4 rings (SSSR count). The predicted octanol–water partition coefficient (Wildman–Crippen LogP) is 2.14. The second-order valence-electron chi connectivity index (χ2n) is 9.69. The van der Waals surface area contributed by atoms with Crippen molar-refractivity contribution in [2.24, 2.45) is 0 Å². The van der Waals surface area contributed by atoms with Crippen molar-refractivity contribution in [2.75, 3.05) is 26.4 Å². The van der Waals surface area contributed by atoms with Crippen LogP contribution in [0.4, 0.5) is 0 Å². The fourth-order valence-electron chi connectivity index (χ4n) is 3.92. The number of halogens is 2. The van der Waals surface area contributed by atoms with E-state index in [2.05, 4.69) is 20.6 Å². The van der Waals surface area contributed by atoms with Crippen LogP contribution in [0.15, 0.2) is 42.5 Å². The van der Waals surface area contributed by atoms with E-state index in [0.29, 0.717) is 27.3 Å². The fourth-order valence-corrected chi connectivity index (χ4v) is 4.41. The zero-order chi connectivity index (χ0) is 32.6. The Morgan fingerprint density at radius 2 is 1.16 bits per heavy atom. The number of pyridine rings is 2. The number of fused-ring (bicyclic) bond motifs is 2. The second kappa shape index (κ2) is 15.7. The summed E-state index contributed by atoms with van der Waals surface area (Å²) in [5.41, 5.74) is -0.530. The number of carbonyl (C=O) groups excluding carboxylic acids is 2. The van der Waals surface area contributed by atoms with Gasteiger partial charge in [-0.1, -0.05) is 47.5 Å². The highest BCUT2D eigenvalue weighted by molar-refractivity contribution is 6.35. The van der Waals surface area contributed by atoms with Crippen LogP contribution in [0.3, 0.4) is 0 Å². The lowest BCUT2D eigenvalue weighted by molar-refractivity contribution is 0.0866. The topological polar surface area (TPSA) is 215 Å². The standard InChI is InChI=1S/C16H19ClN2O5.C13H13ClN2O4/c1-8(2)24-10-3-4-11-12(5-10)15(17)19-13(14(11)22)16(23)18-9(6-20)7-21;14-12-9-4-2-1-3-8(9)11(19)10(16-12)13(20)15-7(5-17)6-18/h3-5,8-9,20-22H,6-7H2,1-2H3,(H,18,23);1-4,7,17-19H,5-6H2,(H,15,20). The van der Waals surface area contributed by atoms with Gasteiger partial charge in [-0.3, -0.25) is 9.59 Å². The van der Waals surface area contributed by atoms with Gasteiger partial charge in [-0.15, -0.1) is 0 Å². The van der Waals surface area contributed by atoms with Crippen LogP contribution in [0.5, 0.6) is 17.2 Å². The number of nitrogens with one attached hydrogen (secondary N) is 2. The number of ether oxygens (including phenoxy) is 1. The normalized spacial score (nSPS) is 11.2. The van der Waals surface area contributed by atoms with Gasteiger partial charge in [-0.05, 0) is 32.0 Å². The number of amides is 2. The fraction of sp³-hybridized carbons (Fsp3) is 0.310. The van der Waals surface area contributed by atoms with Gasteiger partial charge in [-0.2, -0.15) is 0 Å². The molecule has 0 fully saturated rings. The van der Waals surface area contributed by atoms with Crippen LogP contribution < -0.4 is 15.4 Å². The summed E-state index contributed by atoms with van der Waals surface area (Å²) in [4.78, 5) is 31.9. The molecule has 0 saturated heterocycles. The quantitative estimate of drug-likeness (QED) is 0.116. The van der Waals surface area contributed by atoms with E-state index in [1.807, 2.05) is 13.8 Å². The molecule has 0 saturated carbocycles. The summed E-state index contributed by atoms with van der Waals surface area (Å²) >= 11 is 12.1. The molecule has 0 aliphatic heterocycles. The van der Waals surface area contributed by atoms with Crippen LogP contribution in [-0.4, -0.2) is 97.0 Å². The lowest BCUT2D eigenvalue weighted by Crippen LogP contribution is -2.40. The molecule has 236 valence electrons. The first-order chi connectivity index (χ1) is 20.9. The Labute approximate surface area is 261 Å². The first-order valence-electron chi connectivity index (χ1n) is 13.3. The Kier molecular flexibility index (Phi) is 12.3.